The maximum atomic E-state index is 12.2. The van der Waals surface area contributed by atoms with Gasteiger partial charge in [0.25, 0.3) is 5.91 Å². The molecule has 2 N–H and O–H groups in total. The topological polar surface area (TPSA) is 54.0 Å². The lowest BCUT2D eigenvalue weighted by Crippen LogP contribution is -2.51. The summed E-state index contributed by atoms with van der Waals surface area (Å²) in [6.45, 7) is 4.90. The van der Waals surface area contributed by atoms with Gasteiger partial charge >= 0.3 is 0 Å². The third-order valence-electron chi connectivity index (χ3n) is 3.31. The minimum absolute atomic E-state index is 0.0175. The molecule has 1 aromatic rings. The summed E-state index contributed by atoms with van der Waals surface area (Å²) < 4.78 is 0. The second-order valence-corrected chi connectivity index (χ2v) is 4.82. The van der Waals surface area contributed by atoms with Crippen LogP contribution < -0.4 is 10.6 Å². The molecule has 1 aromatic heterocycles. The highest BCUT2D eigenvalue weighted by atomic mass is 16.1. The van der Waals surface area contributed by atoms with Gasteiger partial charge in [-0.1, -0.05) is 0 Å². The summed E-state index contributed by atoms with van der Waals surface area (Å²) in [6, 6.07) is 1.83. The molecule has 1 saturated carbocycles. The van der Waals surface area contributed by atoms with Crippen LogP contribution in [0, 0.1) is 0 Å². The number of nitrogens with one attached hydrogen (secondary N) is 2. The van der Waals surface area contributed by atoms with Crippen LogP contribution in [-0.4, -0.2) is 23.0 Å². The fourth-order valence-electron chi connectivity index (χ4n) is 2.09. The van der Waals surface area contributed by atoms with Crippen LogP contribution in [0.15, 0.2) is 18.5 Å². The minimum Gasteiger partial charge on any atom is -0.385 e. The van der Waals surface area contributed by atoms with Gasteiger partial charge in [-0.05, 0) is 39.2 Å². The average Bonchev–Trinajstić information content (AvgIpc) is 2.28. The van der Waals surface area contributed by atoms with E-state index in [0.29, 0.717) is 5.56 Å². The SMILES string of the molecule is CCNc1ccncc1C(=O)NC1(C)CCC1. The lowest BCUT2D eigenvalue weighted by atomic mass is 9.78. The Bertz CT molecular complexity index is 413. The van der Waals surface area contributed by atoms with Crippen LogP contribution in [0.3, 0.4) is 0 Å². The van der Waals surface area contributed by atoms with Crippen molar-refractivity contribution in [1.29, 1.82) is 0 Å². The van der Waals surface area contributed by atoms with Crippen molar-refractivity contribution in [1.82, 2.24) is 10.3 Å². The van der Waals surface area contributed by atoms with Crippen LogP contribution in [0.2, 0.25) is 0 Å². The van der Waals surface area contributed by atoms with Gasteiger partial charge in [-0.2, -0.15) is 0 Å². The first-order valence-corrected chi connectivity index (χ1v) is 6.15. The number of hydrogen-bond donors (Lipinski definition) is 2. The molecule has 0 radical (unpaired) electrons. The number of hydrogen-bond acceptors (Lipinski definition) is 3. The summed E-state index contributed by atoms with van der Waals surface area (Å²) >= 11 is 0. The molecule has 1 aliphatic rings. The van der Waals surface area contributed by atoms with Gasteiger partial charge in [0.1, 0.15) is 0 Å². The smallest absolute Gasteiger partial charge is 0.255 e. The number of aromatic nitrogens is 1. The van der Waals surface area contributed by atoms with E-state index in [-0.39, 0.29) is 11.4 Å². The molecule has 0 bridgehead atoms. The van der Waals surface area contributed by atoms with Crippen molar-refractivity contribution in [2.75, 3.05) is 11.9 Å². The normalized spacial score (nSPS) is 17.1. The van der Waals surface area contributed by atoms with Crippen LogP contribution >= 0.6 is 0 Å². The first-order chi connectivity index (χ1) is 8.14. The van der Waals surface area contributed by atoms with Crippen LogP contribution in [0.4, 0.5) is 5.69 Å². The number of nitrogens with zero attached hydrogens (tertiary/aromatic N) is 1. The highest BCUT2D eigenvalue weighted by molar-refractivity contribution is 5.99. The lowest BCUT2D eigenvalue weighted by Gasteiger charge is -2.39. The van der Waals surface area contributed by atoms with Crippen LogP contribution in [-0.2, 0) is 0 Å². The molecule has 0 spiro atoms. The fourth-order valence-corrected chi connectivity index (χ4v) is 2.09. The Kier molecular flexibility index (Phi) is 3.31. The van der Waals surface area contributed by atoms with E-state index >= 15 is 0 Å². The highest BCUT2D eigenvalue weighted by Crippen LogP contribution is 2.31. The quantitative estimate of drug-likeness (QED) is 0.838. The predicted molar refractivity (Wildman–Crippen MR) is 68.1 cm³/mol. The van der Waals surface area contributed by atoms with Crippen LogP contribution in [0.5, 0.6) is 0 Å². The molecule has 0 saturated heterocycles. The van der Waals surface area contributed by atoms with Crippen molar-refractivity contribution in [2.45, 2.75) is 38.6 Å². The summed E-state index contributed by atoms with van der Waals surface area (Å²) in [4.78, 5) is 16.2. The van der Waals surface area contributed by atoms with E-state index in [9.17, 15) is 4.79 Å². The van der Waals surface area contributed by atoms with Crippen molar-refractivity contribution in [3.05, 3.63) is 24.0 Å². The van der Waals surface area contributed by atoms with E-state index in [2.05, 4.69) is 22.5 Å². The zero-order valence-electron chi connectivity index (χ0n) is 10.4. The van der Waals surface area contributed by atoms with E-state index < -0.39 is 0 Å². The molecule has 0 atom stereocenters. The van der Waals surface area contributed by atoms with E-state index in [4.69, 9.17) is 0 Å². The van der Waals surface area contributed by atoms with Crippen LogP contribution in [0.1, 0.15) is 43.5 Å². The summed E-state index contributed by atoms with van der Waals surface area (Å²) in [7, 11) is 0. The standard InChI is InChI=1S/C13H19N3O/c1-3-15-11-5-8-14-9-10(11)12(17)16-13(2)6-4-7-13/h5,8-9H,3-4,6-7H2,1-2H3,(H,14,15)(H,16,17). The lowest BCUT2D eigenvalue weighted by molar-refractivity contribution is 0.0851. The van der Waals surface area contributed by atoms with E-state index in [1.807, 2.05) is 13.0 Å². The average molecular weight is 233 g/mol. The molecule has 92 valence electrons. The van der Waals surface area contributed by atoms with Crippen molar-refractivity contribution in [3.8, 4) is 0 Å². The molecule has 0 aromatic carbocycles. The number of pyridine rings is 1. The molecule has 1 heterocycles. The number of rotatable bonds is 4. The monoisotopic (exact) mass is 233 g/mol. The molecule has 0 aliphatic heterocycles. The first kappa shape index (κ1) is 11.9. The molecule has 4 heteroatoms. The maximum Gasteiger partial charge on any atom is 0.255 e. The van der Waals surface area contributed by atoms with Gasteiger partial charge in [0.2, 0.25) is 0 Å². The largest absolute Gasteiger partial charge is 0.385 e. The molecular formula is C13H19N3O. The molecular weight excluding hydrogens is 214 g/mol. The molecule has 4 nitrogen and oxygen atoms in total. The van der Waals surface area contributed by atoms with Gasteiger partial charge in [0, 0.05) is 24.5 Å². The van der Waals surface area contributed by atoms with E-state index in [0.717, 1.165) is 25.1 Å². The van der Waals surface area contributed by atoms with Gasteiger partial charge < -0.3 is 10.6 Å². The van der Waals surface area contributed by atoms with Crippen molar-refractivity contribution >= 4 is 11.6 Å². The van der Waals surface area contributed by atoms with Gasteiger partial charge in [0.05, 0.1) is 11.3 Å². The Hall–Kier alpha value is -1.58. The second kappa shape index (κ2) is 4.73. The zero-order valence-corrected chi connectivity index (χ0v) is 10.4. The Morgan fingerprint density at radius 3 is 2.88 bits per heavy atom. The van der Waals surface area contributed by atoms with Crippen molar-refractivity contribution in [2.24, 2.45) is 0 Å². The Labute approximate surface area is 102 Å². The summed E-state index contributed by atoms with van der Waals surface area (Å²) in [5.74, 6) is -0.0312. The number of carbonyl (C=O) groups is 1. The maximum absolute atomic E-state index is 12.2. The number of anilines is 1. The fraction of sp³-hybridized carbons (Fsp3) is 0.538. The van der Waals surface area contributed by atoms with Crippen LogP contribution in [0.25, 0.3) is 0 Å². The Morgan fingerprint density at radius 2 is 2.29 bits per heavy atom. The van der Waals surface area contributed by atoms with Gasteiger partial charge in [-0.25, -0.2) is 0 Å². The van der Waals surface area contributed by atoms with Crippen molar-refractivity contribution in [3.63, 3.8) is 0 Å². The zero-order chi connectivity index (χ0) is 12.3. The van der Waals surface area contributed by atoms with Crippen molar-refractivity contribution < 1.29 is 4.79 Å². The number of amides is 1. The molecule has 1 fully saturated rings. The van der Waals surface area contributed by atoms with E-state index in [1.165, 1.54) is 6.42 Å². The van der Waals surface area contributed by atoms with Gasteiger partial charge in [-0.3, -0.25) is 9.78 Å². The molecule has 1 aliphatic carbocycles. The summed E-state index contributed by atoms with van der Waals surface area (Å²) in [5, 5.41) is 6.27. The summed E-state index contributed by atoms with van der Waals surface area (Å²) in [5.41, 5.74) is 1.46. The molecule has 1 amide bonds. The predicted octanol–water partition coefficient (Wildman–Crippen LogP) is 2.19. The minimum atomic E-state index is -0.0312. The second-order valence-electron chi connectivity index (χ2n) is 4.82. The third-order valence-corrected chi connectivity index (χ3v) is 3.31. The summed E-state index contributed by atoms with van der Waals surface area (Å²) in [6.07, 6.45) is 6.64. The third kappa shape index (κ3) is 2.57. The number of carbonyl (C=O) groups excluding carboxylic acids is 1. The van der Waals surface area contributed by atoms with Gasteiger partial charge in [-0.15, -0.1) is 0 Å². The molecule has 2 rings (SSSR count). The van der Waals surface area contributed by atoms with E-state index in [1.54, 1.807) is 12.4 Å². The molecule has 17 heavy (non-hydrogen) atoms. The highest BCUT2D eigenvalue weighted by Gasteiger charge is 2.33. The first-order valence-electron chi connectivity index (χ1n) is 6.15. The Balaban J connectivity index is 2.12. The Morgan fingerprint density at radius 1 is 1.53 bits per heavy atom. The molecule has 0 unspecified atom stereocenters. The van der Waals surface area contributed by atoms with Gasteiger partial charge in [0.15, 0.2) is 0 Å².